The van der Waals surface area contributed by atoms with E-state index in [0.717, 1.165) is 19.3 Å². The Morgan fingerprint density at radius 2 is 1.81 bits per heavy atom. The summed E-state index contributed by atoms with van der Waals surface area (Å²) in [7, 11) is 3.03. The third-order valence-electron chi connectivity index (χ3n) is 3.54. The van der Waals surface area contributed by atoms with Gasteiger partial charge in [-0.25, -0.2) is 4.79 Å². The molecule has 1 amide bonds. The molecule has 0 fully saturated rings. The number of alkyl carbamates (subject to hydrolysis) is 1. The number of nitrogens with zero attached hydrogens (tertiary/aromatic N) is 1. The highest BCUT2D eigenvalue weighted by molar-refractivity contribution is 5.81. The standard InChI is InChI=1S/C18H36N4O4/c1-8-9-10-14(12-21-17(24)26-18(3,4)5)22-16(19-6)20-11-13(2)15(23)25-7/h13-14H,8-12H2,1-7H3,(H,21,24)(H2,19,20,22). The van der Waals surface area contributed by atoms with Crippen molar-refractivity contribution in [3.05, 3.63) is 0 Å². The Hall–Kier alpha value is -1.99. The van der Waals surface area contributed by atoms with E-state index in [0.29, 0.717) is 19.0 Å². The van der Waals surface area contributed by atoms with E-state index >= 15 is 0 Å². The van der Waals surface area contributed by atoms with Crippen LogP contribution in [0.5, 0.6) is 0 Å². The number of methoxy groups -OCH3 is 1. The number of hydrogen-bond donors (Lipinski definition) is 3. The number of amides is 1. The van der Waals surface area contributed by atoms with Gasteiger partial charge >= 0.3 is 12.1 Å². The lowest BCUT2D eigenvalue weighted by molar-refractivity contribution is -0.144. The zero-order valence-corrected chi connectivity index (χ0v) is 17.3. The molecule has 0 aliphatic carbocycles. The second kappa shape index (κ2) is 12.4. The molecular formula is C18H36N4O4. The number of aliphatic imine (C=N–C) groups is 1. The van der Waals surface area contributed by atoms with Crippen LogP contribution < -0.4 is 16.0 Å². The zero-order chi connectivity index (χ0) is 20.2. The van der Waals surface area contributed by atoms with Crippen molar-refractivity contribution in [3.8, 4) is 0 Å². The smallest absolute Gasteiger partial charge is 0.407 e. The molecule has 0 aromatic carbocycles. The first-order valence-corrected chi connectivity index (χ1v) is 9.14. The van der Waals surface area contributed by atoms with Crippen molar-refractivity contribution in [1.82, 2.24) is 16.0 Å². The third-order valence-corrected chi connectivity index (χ3v) is 3.54. The lowest BCUT2D eigenvalue weighted by Gasteiger charge is -2.24. The summed E-state index contributed by atoms with van der Waals surface area (Å²) in [4.78, 5) is 27.5. The third kappa shape index (κ3) is 11.5. The largest absolute Gasteiger partial charge is 0.469 e. The summed E-state index contributed by atoms with van der Waals surface area (Å²) < 4.78 is 9.98. The van der Waals surface area contributed by atoms with Gasteiger partial charge in [-0.15, -0.1) is 0 Å². The van der Waals surface area contributed by atoms with E-state index in [2.05, 4.69) is 27.9 Å². The molecule has 8 heteroatoms. The molecule has 2 atom stereocenters. The van der Waals surface area contributed by atoms with Crippen LogP contribution in [0, 0.1) is 5.92 Å². The molecule has 0 aliphatic heterocycles. The molecule has 0 radical (unpaired) electrons. The van der Waals surface area contributed by atoms with Crippen molar-refractivity contribution in [2.24, 2.45) is 10.9 Å². The normalized spacial score (nSPS) is 14.2. The minimum Gasteiger partial charge on any atom is -0.469 e. The molecule has 0 bridgehead atoms. The van der Waals surface area contributed by atoms with Crippen LogP contribution in [0.3, 0.4) is 0 Å². The summed E-state index contributed by atoms with van der Waals surface area (Å²) in [5, 5.41) is 9.19. The monoisotopic (exact) mass is 372 g/mol. The van der Waals surface area contributed by atoms with Gasteiger partial charge in [0.05, 0.1) is 13.0 Å². The molecule has 0 spiro atoms. The van der Waals surface area contributed by atoms with Crippen LogP contribution >= 0.6 is 0 Å². The van der Waals surface area contributed by atoms with E-state index in [1.807, 2.05) is 20.8 Å². The van der Waals surface area contributed by atoms with Gasteiger partial charge in [0.1, 0.15) is 5.60 Å². The summed E-state index contributed by atoms with van der Waals surface area (Å²) in [5.41, 5.74) is -0.530. The predicted molar refractivity (Wildman–Crippen MR) is 103 cm³/mol. The van der Waals surface area contributed by atoms with Gasteiger partial charge in [-0.3, -0.25) is 9.79 Å². The molecule has 26 heavy (non-hydrogen) atoms. The Balaban J connectivity index is 4.60. The number of ether oxygens (including phenoxy) is 2. The summed E-state index contributed by atoms with van der Waals surface area (Å²) in [6, 6.07) is 0.00195. The number of esters is 1. The Kier molecular flexibility index (Phi) is 11.4. The molecule has 0 saturated carbocycles. The van der Waals surface area contributed by atoms with Crippen LogP contribution in [0.25, 0.3) is 0 Å². The van der Waals surface area contributed by atoms with Crippen molar-refractivity contribution < 1.29 is 19.1 Å². The van der Waals surface area contributed by atoms with Crippen LogP contribution in [0.1, 0.15) is 53.9 Å². The number of hydrogen-bond acceptors (Lipinski definition) is 5. The van der Waals surface area contributed by atoms with Gasteiger partial charge in [-0.05, 0) is 27.2 Å². The molecule has 0 aromatic heterocycles. The minimum atomic E-state index is -0.530. The van der Waals surface area contributed by atoms with Gasteiger partial charge in [0.25, 0.3) is 0 Å². The highest BCUT2D eigenvalue weighted by Crippen LogP contribution is 2.07. The quantitative estimate of drug-likeness (QED) is 0.325. The predicted octanol–water partition coefficient (Wildman–Crippen LogP) is 2.04. The van der Waals surface area contributed by atoms with E-state index in [1.165, 1.54) is 7.11 Å². The average molecular weight is 373 g/mol. The molecule has 0 aromatic rings. The SMILES string of the molecule is CCCCC(CNC(=O)OC(C)(C)C)NC(=NC)NCC(C)C(=O)OC. The first-order valence-electron chi connectivity index (χ1n) is 9.14. The van der Waals surface area contributed by atoms with Gasteiger partial charge in [-0.2, -0.15) is 0 Å². The van der Waals surface area contributed by atoms with Crippen molar-refractivity contribution in [2.75, 3.05) is 27.2 Å². The van der Waals surface area contributed by atoms with Crippen LogP contribution in [0.2, 0.25) is 0 Å². The number of carbonyl (C=O) groups is 2. The number of rotatable bonds is 9. The first-order chi connectivity index (χ1) is 12.1. The lowest BCUT2D eigenvalue weighted by Crippen LogP contribution is -2.50. The number of guanidine groups is 1. The lowest BCUT2D eigenvalue weighted by atomic mass is 10.1. The molecule has 152 valence electrons. The summed E-state index contributed by atoms with van der Waals surface area (Å²) in [5.74, 6) is 0.0162. The van der Waals surface area contributed by atoms with E-state index in [1.54, 1.807) is 14.0 Å². The van der Waals surface area contributed by atoms with Gasteiger partial charge in [0.15, 0.2) is 5.96 Å². The fourth-order valence-electron chi connectivity index (χ4n) is 2.12. The summed E-state index contributed by atoms with van der Waals surface area (Å²) in [6.07, 6.45) is 2.50. The molecular weight excluding hydrogens is 336 g/mol. The van der Waals surface area contributed by atoms with E-state index in [-0.39, 0.29) is 17.9 Å². The maximum Gasteiger partial charge on any atom is 0.407 e. The zero-order valence-electron chi connectivity index (χ0n) is 17.3. The van der Waals surface area contributed by atoms with Gasteiger partial charge in [0.2, 0.25) is 0 Å². The van der Waals surface area contributed by atoms with E-state index in [4.69, 9.17) is 9.47 Å². The fraction of sp³-hybridized carbons (Fsp3) is 0.833. The Morgan fingerprint density at radius 3 is 2.31 bits per heavy atom. The molecule has 0 aliphatic rings. The second-order valence-electron chi connectivity index (χ2n) is 7.24. The Labute approximate surface area is 157 Å². The summed E-state index contributed by atoms with van der Waals surface area (Å²) in [6.45, 7) is 10.2. The van der Waals surface area contributed by atoms with Crippen molar-refractivity contribution in [2.45, 2.75) is 65.5 Å². The van der Waals surface area contributed by atoms with Crippen LogP contribution in [0.4, 0.5) is 4.79 Å². The van der Waals surface area contributed by atoms with Gasteiger partial charge in [0, 0.05) is 26.2 Å². The number of nitrogens with one attached hydrogen (secondary N) is 3. The van der Waals surface area contributed by atoms with Crippen molar-refractivity contribution in [3.63, 3.8) is 0 Å². The molecule has 0 saturated heterocycles. The molecule has 0 rings (SSSR count). The average Bonchev–Trinajstić information content (AvgIpc) is 2.57. The van der Waals surface area contributed by atoms with Crippen LogP contribution in [0.15, 0.2) is 4.99 Å². The molecule has 2 unspecified atom stereocenters. The highest BCUT2D eigenvalue weighted by atomic mass is 16.6. The first kappa shape index (κ1) is 24.0. The van der Waals surface area contributed by atoms with Crippen molar-refractivity contribution >= 4 is 18.0 Å². The Bertz CT molecular complexity index is 461. The van der Waals surface area contributed by atoms with Crippen LogP contribution in [-0.2, 0) is 14.3 Å². The maximum atomic E-state index is 11.9. The topological polar surface area (TPSA) is 101 Å². The second-order valence-corrected chi connectivity index (χ2v) is 7.24. The molecule has 3 N–H and O–H groups in total. The fourth-order valence-corrected chi connectivity index (χ4v) is 2.12. The molecule has 0 heterocycles. The van der Waals surface area contributed by atoms with Crippen molar-refractivity contribution in [1.29, 1.82) is 0 Å². The van der Waals surface area contributed by atoms with E-state index < -0.39 is 11.7 Å². The number of unbranched alkanes of at least 4 members (excludes halogenated alkanes) is 1. The highest BCUT2D eigenvalue weighted by Gasteiger charge is 2.19. The van der Waals surface area contributed by atoms with Crippen LogP contribution in [-0.4, -0.2) is 56.9 Å². The summed E-state index contributed by atoms with van der Waals surface area (Å²) >= 11 is 0. The maximum absolute atomic E-state index is 11.9. The Morgan fingerprint density at radius 1 is 1.15 bits per heavy atom. The minimum absolute atomic E-state index is 0.00195. The van der Waals surface area contributed by atoms with Gasteiger partial charge < -0.3 is 25.4 Å². The van der Waals surface area contributed by atoms with E-state index in [9.17, 15) is 9.59 Å². The van der Waals surface area contributed by atoms with Gasteiger partial charge in [-0.1, -0.05) is 26.7 Å². The number of carbonyl (C=O) groups excluding carboxylic acids is 2. The molecule has 8 nitrogen and oxygen atoms in total.